The molecule has 0 spiro atoms. The molecular formula is C10H20N2S. The van der Waals surface area contributed by atoms with Crippen molar-refractivity contribution >= 4 is 16.9 Å². The van der Waals surface area contributed by atoms with E-state index in [9.17, 15) is 0 Å². The van der Waals surface area contributed by atoms with Crippen LogP contribution in [0.2, 0.25) is 0 Å². The molecule has 2 atom stereocenters. The first-order valence-corrected chi connectivity index (χ1v) is 6.09. The second kappa shape index (κ2) is 4.89. The molecular weight excluding hydrogens is 180 g/mol. The summed E-state index contributed by atoms with van der Waals surface area (Å²) in [6.07, 6.45) is 1.16. The zero-order valence-corrected chi connectivity index (χ0v) is 9.82. The molecule has 1 aliphatic heterocycles. The number of hydrogen-bond acceptors (Lipinski definition) is 3. The van der Waals surface area contributed by atoms with Crippen LogP contribution in [0.4, 0.5) is 0 Å². The fourth-order valence-corrected chi connectivity index (χ4v) is 2.41. The Balaban J connectivity index is 2.40. The van der Waals surface area contributed by atoms with Crippen molar-refractivity contribution in [2.45, 2.75) is 46.2 Å². The molecule has 0 fully saturated rings. The van der Waals surface area contributed by atoms with Crippen LogP contribution in [-0.2, 0) is 0 Å². The molecule has 76 valence electrons. The third kappa shape index (κ3) is 3.22. The van der Waals surface area contributed by atoms with Crippen LogP contribution in [-0.4, -0.2) is 23.0 Å². The third-order valence-electron chi connectivity index (χ3n) is 2.43. The summed E-state index contributed by atoms with van der Waals surface area (Å²) in [6.45, 7) is 8.87. The fourth-order valence-electron chi connectivity index (χ4n) is 1.12. The van der Waals surface area contributed by atoms with Gasteiger partial charge < -0.3 is 5.32 Å². The molecule has 0 amide bonds. The molecule has 0 aliphatic carbocycles. The van der Waals surface area contributed by atoms with Gasteiger partial charge in [0.1, 0.15) is 0 Å². The van der Waals surface area contributed by atoms with Crippen LogP contribution in [0, 0.1) is 5.92 Å². The minimum Gasteiger partial charge on any atom is -0.362 e. The molecule has 0 bridgehead atoms. The number of nitrogens with one attached hydrogen (secondary N) is 1. The van der Waals surface area contributed by atoms with Gasteiger partial charge in [-0.25, -0.2) is 0 Å². The monoisotopic (exact) mass is 200 g/mol. The van der Waals surface area contributed by atoms with Crippen molar-refractivity contribution in [1.82, 2.24) is 5.32 Å². The maximum Gasteiger partial charge on any atom is 0.157 e. The van der Waals surface area contributed by atoms with Gasteiger partial charge in [-0.05, 0) is 19.3 Å². The van der Waals surface area contributed by atoms with Gasteiger partial charge in [-0.3, -0.25) is 4.99 Å². The number of amidine groups is 1. The third-order valence-corrected chi connectivity index (χ3v) is 3.43. The van der Waals surface area contributed by atoms with Gasteiger partial charge >= 0.3 is 0 Å². The lowest BCUT2D eigenvalue weighted by Crippen LogP contribution is -2.29. The summed E-state index contributed by atoms with van der Waals surface area (Å²) >= 11 is 1.86. The lowest BCUT2D eigenvalue weighted by atomic mass is 10.1. The molecule has 1 unspecified atom stereocenters. The second-order valence-electron chi connectivity index (χ2n) is 4.01. The lowest BCUT2D eigenvalue weighted by molar-refractivity contribution is 0.540. The van der Waals surface area contributed by atoms with E-state index in [4.69, 9.17) is 0 Å². The summed E-state index contributed by atoms with van der Waals surface area (Å²) in [7, 11) is 0. The van der Waals surface area contributed by atoms with Gasteiger partial charge in [-0.2, -0.15) is 0 Å². The molecule has 1 rings (SSSR count). The van der Waals surface area contributed by atoms with Gasteiger partial charge in [0.2, 0.25) is 0 Å². The molecule has 1 aliphatic rings. The Kier molecular flexibility index (Phi) is 4.10. The summed E-state index contributed by atoms with van der Waals surface area (Å²) < 4.78 is 0. The van der Waals surface area contributed by atoms with E-state index in [2.05, 4.69) is 38.0 Å². The van der Waals surface area contributed by atoms with Gasteiger partial charge in [-0.1, -0.05) is 32.5 Å². The number of nitrogens with zero attached hydrogens (tertiary/aromatic N) is 1. The normalized spacial score (nSPS) is 24.7. The van der Waals surface area contributed by atoms with Gasteiger partial charge in [0.25, 0.3) is 0 Å². The molecule has 0 aromatic rings. The van der Waals surface area contributed by atoms with E-state index in [1.165, 1.54) is 0 Å². The number of hydrogen-bond donors (Lipinski definition) is 1. The Morgan fingerprint density at radius 3 is 2.69 bits per heavy atom. The van der Waals surface area contributed by atoms with E-state index in [1.54, 1.807) is 0 Å². The van der Waals surface area contributed by atoms with E-state index in [0.29, 0.717) is 18.0 Å². The molecule has 0 saturated heterocycles. The Hall–Kier alpha value is -0.180. The van der Waals surface area contributed by atoms with E-state index < -0.39 is 0 Å². The molecule has 13 heavy (non-hydrogen) atoms. The standard InChI is InChI=1S/C10H20N2S/c1-5-8(4)11-10-12-9(6-13-10)7(2)3/h7-9H,5-6H2,1-4H3,(H,11,12)/t8?,9-/m1/s1. The van der Waals surface area contributed by atoms with E-state index in [1.807, 2.05) is 11.8 Å². The summed E-state index contributed by atoms with van der Waals surface area (Å²) in [5.74, 6) is 1.82. The van der Waals surface area contributed by atoms with Crippen molar-refractivity contribution in [1.29, 1.82) is 0 Å². The Bertz CT molecular complexity index is 189. The van der Waals surface area contributed by atoms with Crippen molar-refractivity contribution in [3.63, 3.8) is 0 Å². The minimum absolute atomic E-state index is 0.525. The molecule has 0 radical (unpaired) electrons. The van der Waals surface area contributed by atoms with Gasteiger partial charge in [0.05, 0.1) is 6.04 Å². The maximum absolute atomic E-state index is 4.64. The number of rotatable bonds is 3. The van der Waals surface area contributed by atoms with Crippen molar-refractivity contribution in [3.8, 4) is 0 Å². The number of aliphatic imine (C=N–C) groups is 1. The minimum atomic E-state index is 0.525. The van der Waals surface area contributed by atoms with Gasteiger partial charge in [0, 0.05) is 11.8 Å². The largest absolute Gasteiger partial charge is 0.362 e. The average molecular weight is 200 g/mol. The lowest BCUT2D eigenvalue weighted by Gasteiger charge is -2.11. The topological polar surface area (TPSA) is 24.4 Å². The Labute approximate surface area is 85.6 Å². The molecule has 2 nitrogen and oxygen atoms in total. The van der Waals surface area contributed by atoms with Crippen LogP contribution < -0.4 is 5.32 Å². The van der Waals surface area contributed by atoms with Crippen LogP contribution in [0.1, 0.15) is 34.1 Å². The highest BCUT2D eigenvalue weighted by Gasteiger charge is 2.21. The SMILES string of the molecule is CCC(C)NC1=N[C@@H](C(C)C)CS1. The van der Waals surface area contributed by atoms with Crippen LogP contribution >= 0.6 is 11.8 Å². The van der Waals surface area contributed by atoms with Gasteiger partial charge in [-0.15, -0.1) is 0 Å². The first-order valence-electron chi connectivity index (χ1n) is 5.10. The van der Waals surface area contributed by atoms with Crippen LogP contribution in [0.25, 0.3) is 0 Å². The first-order chi connectivity index (χ1) is 6.13. The smallest absolute Gasteiger partial charge is 0.157 e. The molecule has 0 aromatic carbocycles. The first kappa shape index (κ1) is 10.9. The Morgan fingerprint density at radius 1 is 1.54 bits per heavy atom. The molecule has 0 saturated carbocycles. The summed E-state index contributed by atoms with van der Waals surface area (Å²) in [5, 5.41) is 4.57. The van der Waals surface area contributed by atoms with Crippen molar-refractivity contribution in [3.05, 3.63) is 0 Å². The summed E-state index contributed by atoms with van der Waals surface area (Å²) in [4.78, 5) is 4.64. The fraction of sp³-hybridized carbons (Fsp3) is 0.900. The molecule has 0 aromatic heterocycles. The van der Waals surface area contributed by atoms with Crippen molar-refractivity contribution in [2.24, 2.45) is 10.9 Å². The highest BCUT2D eigenvalue weighted by Crippen LogP contribution is 2.22. The summed E-state index contributed by atoms with van der Waals surface area (Å²) in [6, 6.07) is 1.08. The summed E-state index contributed by atoms with van der Waals surface area (Å²) in [5.41, 5.74) is 0. The average Bonchev–Trinajstić information content (AvgIpc) is 2.52. The van der Waals surface area contributed by atoms with Crippen molar-refractivity contribution in [2.75, 3.05) is 5.75 Å². The highest BCUT2D eigenvalue weighted by molar-refractivity contribution is 8.14. The molecule has 1 N–H and O–H groups in total. The van der Waals surface area contributed by atoms with E-state index in [0.717, 1.165) is 17.3 Å². The quantitative estimate of drug-likeness (QED) is 0.757. The van der Waals surface area contributed by atoms with Crippen LogP contribution in [0.15, 0.2) is 4.99 Å². The van der Waals surface area contributed by atoms with Gasteiger partial charge in [0.15, 0.2) is 5.17 Å². The zero-order chi connectivity index (χ0) is 9.84. The number of thioether (sulfide) groups is 1. The Morgan fingerprint density at radius 2 is 2.23 bits per heavy atom. The predicted octanol–water partition coefficient (Wildman–Crippen LogP) is 2.50. The zero-order valence-electron chi connectivity index (χ0n) is 9.00. The molecule has 1 heterocycles. The van der Waals surface area contributed by atoms with Crippen LogP contribution in [0.3, 0.4) is 0 Å². The second-order valence-corrected chi connectivity index (χ2v) is 5.02. The van der Waals surface area contributed by atoms with E-state index >= 15 is 0 Å². The molecule has 3 heteroatoms. The van der Waals surface area contributed by atoms with E-state index in [-0.39, 0.29) is 0 Å². The van der Waals surface area contributed by atoms with Crippen LogP contribution in [0.5, 0.6) is 0 Å². The predicted molar refractivity (Wildman–Crippen MR) is 61.4 cm³/mol. The maximum atomic E-state index is 4.64. The highest BCUT2D eigenvalue weighted by atomic mass is 32.2. The van der Waals surface area contributed by atoms with Crippen molar-refractivity contribution < 1.29 is 0 Å².